The molecule has 2 unspecified atom stereocenters. The van der Waals surface area contributed by atoms with E-state index in [-0.39, 0.29) is 12.1 Å². The zero-order valence-corrected chi connectivity index (χ0v) is 15.2. The average Bonchev–Trinajstić information content (AvgIpc) is 2.65. The molecule has 6 heteroatoms. The van der Waals surface area contributed by atoms with Crippen molar-refractivity contribution in [3.05, 3.63) is 53.6 Å². The van der Waals surface area contributed by atoms with Gasteiger partial charge in [-0.05, 0) is 25.0 Å². The van der Waals surface area contributed by atoms with E-state index in [2.05, 4.69) is 12.2 Å². The Labute approximate surface area is 153 Å². The van der Waals surface area contributed by atoms with E-state index in [9.17, 15) is 9.90 Å². The first-order valence-electron chi connectivity index (χ1n) is 8.59. The van der Waals surface area contributed by atoms with E-state index in [0.29, 0.717) is 24.5 Å². The van der Waals surface area contributed by atoms with Gasteiger partial charge in [-0.2, -0.15) is 0 Å². The van der Waals surface area contributed by atoms with Crippen molar-refractivity contribution in [2.24, 2.45) is 0 Å². The number of fused-ring (bicyclic) bond motifs is 1. The number of benzene rings is 2. The van der Waals surface area contributed by atoms with Gasteiger partial charge in [-0.1, -0.05) is 30.3 Å². The SMILES string of the molecule is COc1cc2c(cc1OC)C(N(Cc1ccccc1)C(=O)O)CC(C)N2. The van der Waals surface area contributed by atoms with Gasteiger partial charge in [0.25, 0.3) is 0 Å². The van der Waals surface area contributed by atoms with Crippen molar-refractivity contribution >= 4 is 11.8 Å². The maximum atomic E-state index is 12.0. The van der Waals surface area contributed by atoms with Gasteiger partial charge in [-0.15, -0.1) is 0 Å². The van der Waals surface area contributed by atoms with Crippen molar-refractivity contribution < 1.29 is 19.4 Å². The van der Waals surface area contributed by atoms with Gasteiger partial charge in [0.2, 0.25) is 0 Å². The minimum atomic E-state index is -0.936. The molecular formula is C20H24N2O4. The van der Waals surface area contributed by atoms with Gasteiger partial charge in [0.15, 0.2) is 11.5 Å². The Morgan fingerprint density at radius 1 is 1.19 bits per heavy atom. The summed E-state index contributed by atoms with van der Waals surface area (Å²) in [6.07, 6.45) is -0.254. The molecule has 0 bridgehead atoms. The Morgan fingerprint density at radius 3 is 2.46 bits per heavy atom. The number of carbonyl (C=O) groups is 1. The molecule has 2 N–H and O–H groups in total. The highest BCUT2D eigenvalue weighted by molar-refractivity contribution is 5.69. The van der Waals surface area contributed by atoms with Crippen LogP contribution in [0.4, 0.5) is 10.5 Å². The van der Waals surface area contributed by atoms with Crippen LogP contribution in [0.2, 0.25) is 0 Å². The van der Waals surface area contributed by atoms with Crippen LogP contribution in [0.25, 0.3) is 0 Å². The molecule has 138 valence electrons. The van der Waals surface area contributed by atoms with Crippen molar-refractivity contribution in [3.8, 4) is 11.5 Å². The van der Waals surface area contributed by atoms with Crippen LogP contribution in [0.15, 0.2) is 42.5 Å². The molecule has 2 aromatic carbocycles. The van der Waals surface area contributed by atoms with Crippen molar-refractivity contribution in [1.29, 1.82) is 0 Å². The smallest absolute Gasteiger partial charge is 0.408 e. The molecule has 1 aliphatic heterocycles. The van der Waals surface area contributed by atoms with E-state index >= 15 is 0 Å². The minimum absolute atomic E-state index is 0.142. The third-order valence-corrected chi connectivity index (χ3v) is 4.71. The van der Waals surface area contributed by atoms with Crippen LogP contribution < -0.4 is 14.8 Å². The standard InChI is InChI=1S/C20H24N2O4/c1-13-9-17(22(20(23)24)12-14-7-5-4-6-8-14)15-10-18(25-2)19(26-3)11-16(15)21-13/h4-8,10-11,13,17,21H,9,12H2,1-3H3,(H,23,24). The lowest BCUT2D eigenvalue weighted by Gasteiger charge is -2.38. The lowest BCUT2D eigenvalue weighted by atomic mass is 9.91. The number of nitrogens with zero attached hydrogens (tertiary/aromatic N) is 1. The number of nitrogens with one attached hydrogen (secondary N) is 1. The molecule has 26 heavy (non-hydrogen) atoms. The highest BCUT2D eigenvalue weighted by atomic mass is 16.5. The Balaban J connectivity index is 2.02. The first kappa shape index (κ1) is 17.9. The molecule has 1 heterocycles. The lowest BCUT2D eigenvalue weighted by molar-refractivity contribution is 0.115. The van der Waals surface area contributed by atoms with Crippen LogP contribution in [0.3, 0.4) is 0 Å². The summed E-state index contributed by atoms with van der Waals surface area (Å²) in [6.45, 7) is 2.39. The van der Waals surface area contributed by atoms with Crippen LogP contribution in [0, 0.1) is 0 Å². The number of hydrogen-bond donors (Lipinski definition) is 2. The van der Waals surface area contributed by atoms with Gasteiger partial charge in [-0.25, -0.2) is 4.79 Å². The van der Waals surface area contributed by atoms with Crippen LogP contribution >= 0.6 is 0 Å². The summed E-state index contributed by atoms with van der Waals surface area (Å²) in [5.74, 6) is 1.22. The highest BCUT2D eigenvalue weighted by Crippen LogP contribution is 2.43. The second-order valence-corrected chi connectivity index (χ2v) is 6.49. The van der Waals surface area contributed by atoms with Gasteiger partial charge in [0.05, 0.1) is 20.3 Å². The summed E-state index contributed by atoms with van der Waals surface area (Å²) in [6, 6.07) is 13.3. The normalized spacial score (nSPS) is 18.4. The van der Waals surface area contributed by atoms with Crippen molar-refractivity contribution in [3.63, 3.8) is 0 Å². The minimum Gasteiger partial charge on any atom is -0.493 e. The van der Waals surface area contributed by atoms with Gasteiger partial charge < -0.3 is 19.9 Å². The molecule has 2 aromatic rings. The van der Waals surface area contributed by atoms with Crippen LogP contribution in [0.5, 0.6) is 11.5 Å². The monoisotopic (exact) mass is 356 g/mol. The maximum absolute atomic E-state index is 12.0. The number of rotatable bonds is 5. The van der Waals surface area contributed by atoms with Crippen LogP contribution in [0.1, 0.15) is 30.5 Å². The Kier molecular flexibility index (Phi) is 5.21. The summed E-state index contributed by atoms with van der Waals surface area (Å²) in [5, 5.41) is 13.3. The first-order valence-corrected chi connectivity index (χ1v) is 8.59. The molecule has 0 spiro atoms. The lowest BCUT2D eigenvalue weighted by Crippen LogP contribution is -2.39. The Bertz CT molecular complexity index is 779. The Morgan fingerprint density at radius 2 is 1.85 bits per heavy atom. The summed E-state index contributed by atoms with van der Waals surface area (Å²) in [4.78, 5) is 13.5. The zero-order valence-electron chi connectivity index (χ0n) is 15.2. The number of anilines is 1. The fourth-order valence-corrected chi connectivity index (χ4v) is 3.47. The van der Waals surface area contributed by atoms with E-state index < -0.39 is 6.09 Å². The molecule has 3 rings (SSSR count). The predicted molar refractivity (Wildman–Crippen MR) is 100.0 cm³/mol. The molecular weight excluding hydrogens is 332 g/mol. The molecule has 6 nitrogen and oxygen atoms in total. The van der Waals surface area contributed by atoms with Crippen LogP contribution in [-0.2, 0) is 6.54 Å². The molecule has 1 amide bonds. The summed E-state index contributed by atoms with van der Waals surface area (Å²) in [5.41, 5.74) is 2.74. The van der Waals surface area contributed by atoms with Gasteiger partial charge in [-0.3, -0.25) is 4.90 Å². The molecule has 1 aliphatic rings. The second-order valence-electron chi connectivity index (χ2n) is 6.49. The second kappa shape index (κ2) is 7.56. The zero-order chi connectivity index (χ0) is 18.7. The van der Waals surface area contributed by atoms with E-state index in [1.165, 1.54) is 4.90 Å². The van der Waals surface area contributed by atoms with E-state index in [4.69, 9.17) is 9.47 Å². The number of amides is 1. The number of hydrogen-bond acceptors (Lipinski definition) is 4. The molecule has 2 atom stereocenters. The molecule has 0 saturated carbocycles. The quantitative estimate of drug-likeness (QED) is 0.843. The average molecular weight is 356 g/mol. The fraction of sp³-hybridized carbons (Fsp3) is 0.350. The summed E-state index contributed by atoms with van der Waals surface area (Å²) < 4.78 is 10.8. The molecule has 0 aromatic heterocycles. The largest absolute Gasteiger partial charge is 0.493 e. The van der Waals surface area contributed by atoms with Crippen molar-refractivity contribution in [2.75, 3.05) is 19.5 Å². The Hall–Kier alpha value is -2.89. The maximum Gasteiger partial charge on any atom is 0.408 e. The molecule has 0 saturated heterocycles. The van der Waals surface area contributed by atoms with E-state index in [1.54, 1.807) is 14.2 Å². The van der Waals surface area contributed by atoms with Gasteiger partial charge >= 0.3 is 6.09 Å². The van der Waals surface area contributed by atoms with E-state index in [0.717, 1.165) is 16.8 Å². The summed E-state index contributed by atoms with van der Waals surface area (Å²) in [7, 11) is 3.17. The third-order valence-electron chi connectivity index (χ3n) is 4.71. The van der Waals surface area contributed by atoms with Gasteiger partial charge in [0.1, 0.15) is 0 Å². The van der Waals surface area contributed by atoms with Crippen molar-refractivity contribution in [2.45, 2.75) is 32.0 Å². The summed E-state index contributed by atoms with van der Waals surface area (Å²) >= 11 is 0. The third kappa shape index (κ3) is 3.54. The fourth-order valence-electron chi connectivity index (χ4n) is 3.47. The predicted octanol–water partition coefficient (Wildman–Crippen LogP) is 4.13. The van der Waals surface area contributed by atoms with Crippen molar-refractivity contribution in [1.82, 2.24) is 4.90 Å². The van der Waals surface area contributed by atoms with Crippen LogP contribution in [-0.4, -0.2) is 36.4 Å². The topological polar surface area (TPSA) is 71.0 Å². The highest BCUT2D eigenvalue weighted by Gasteiger charge is 2.33. The van der Waals surface area contributed by atoms with E-state index in [1.807, 2.05) is 42.5 Å². The number of carboxylic acid groups (broad SMARTS) is 1. The first-order chi connectivity index (χ1) is 12.5. The number of ether oxygens (including phenoxy) is 2. The molecule has 0 aliphatic carbocycles. The molecule has 0 fully saturated rings. The number of methoxy groups -OCH3 is 2. The van der Waals surface area contributed by atoms with Gasteiger partial charge in [0, 0.05) is 29.9 Å². The molecule has 0 radical (unpaired) electrons.